The Morgan fingerprint density at radius 3 is 2.12 bits per heavy atom. The van der Waals surface area contributed by atoms with Gasteiger partial charge in [0.1, 0.15) is 5.88 Å². The Hall–Kier alpha value is -0.980. The largest absolute Gasteiger partial charge is 0.479 e. The van der Waals surface area contributed by atoms with E-state index in [9.17, 15) is 14.7 Å². The van der Waals surface area contributed by atoms with E-state index < -0.39 is 23.8 Å². The van der Waals surface area contributed by atoms with E-state index >= 15 is 0 Å². The van der Waals surface area contributed by atoms with Crippen LogP contribution in [0.1, 0.15) is 11.6 Å². The van der Waals surface area contributed by atoms with Crippen molar-refractivity contribution < 1.29 is 14.7 Å². The van der Waals surface area contributed by atoms with Gasteiger partial charge < -0.3 is 5.11 Å². The van der Waals surface area contributed by atoms with Crippen molar-refractivity contribution in [2.75, 3.05) is 10.8 Å². The Kier molecular flexibility index (Phi) is 7.00. The van der Waals surface area contributed by atoms with Gasteiger partial charge in [0, 0.05) is 20.7 Å². The lowest BCUT2D eigenvalue weighted by Crippen LogP contribution is -2.40. The van der Waals surface area contributed by atoms with Gasteiger partial charge >= 0.3 is 5.97 Å². The van der Waals surface area contributed by atoms with Gasteiger partial charge in [0.2, 0.25) is 5.91 Å². The number of rotatable bonds is 5. The first-order chi connectivity index (χ1) is 11.8. The van der Waals surface area contributed by atoms with Gasteiger partial charge in [-0.25, -0.2) is 4.79 Å². The molecular weight excluding hydrogens is 476 g/mol. The Morgan fingerprint density at radius 1 is 1.04 bits per heavy atom. The fraction of sp³-hybridized carbons (Fsp3) is 0.125. The van der Waals surface area contributed by atoms with E-state index in [0.29, 0.717) is 5.69 Å². The van der Waals surface area contributed by atoms with Crippen LogP contribution in [0.25, 0.3) is 0 Å². The molecule has 0 saturated heterocycles. The Balaban J connectivity index is 2.70. The molecule has 2 rings (SSSR count). The fourth-order valence-corrected chi connectivity index (χ4v) is 3.39. The summed E-state index contributed by atoms with van der Waals surface area (Å²) < 4.78 is 0.764. The molecule has 1 N–H and O–H groups in total. The maximum Gasteiger partial charge on any atom is 0.331 e. The molecule has 4 nitrogen and oxygen atoms in total. The summed E-state index contributed by atoms with van der Waals surface area (Å²) in [5.74, 6) is -2.37. The van der Waals surface area contributed by atoms with E-state index in [1.54, 1.807) is 24.3 Å². The van der Waals surface area contributed by atoms with E-state index in [0.717, 1.165) is 9.37 Å². The fourth-order valence-electron chi connectivity index (χ4n) is 2.26. The molecule has 2 aromatic rings. The van der Waals surface area contributed by atoms with E-state index in [-0.39, 0.29) is 20.6 Å². The average molecular weight is 486 g/mol. The number of aliphatic carboxylic acids is 1. The summed E-state index contributed by atoms with van der Waals surface area (Å²) in [5, 5.41) is 9.96. The van der Waals surface area contributed by atoms with E-state index in [4.69, 9.17) is 46.4 Å². The summed E-state index contributed by atoms with van der Waals surface area (Å²) >= 11 is 27.3. The van der Waals surface area contributed by atoms with Crippen molar-refractivity contribution in [2.24, 2.45) is 0 Å². The van der Waals surface area contributed by atoms with Crippen LogP contribution in [-0.4, -0.2) is 22.9 Å². The number of nitrogens with zero attached hydrogens (tertiary/aromatic N) is 1. The minimum absolute atomic E-state index is 0.0183. The second-order valence-electron chi connectivity index (χ2n) is 4.87. The Bertz CT molecular complexity index is 814. The lowest BCUT2D eigenvalue weighted by Gasteiger charge is -2.30. The predicted molar refractivity (Wildman–Crippen MR) is 104 cm³/mol. The van der Waals surface area contributed by atoms with Crippen LogP contribution >= 0.6 is 62.3 Å². The molecule has 0 aliphatic heterocycles. The molecule has 0 fully saturated rings. The van der Waals surface area contributed by atoms with Crippen LogP contribution in [-0.2, 0) is 9.59 Å². The normalized spacial score (nSPS) is 11.9. The van der Waals surface area contributed by atoms with Crippen LogP contribution in [0, 0.1) is 0 Å². The average Bonchev–Trinajstić information content (AvgIpc) is 2.58. The van der Waals surface area contributed by atoms with Gasteiger partial charge in [-0.3, -0.25) is 9.69 Å². The summed E-state index contributed by atoms with van der Waals surface area (Å²) in [6.45, 7) is 0. The minimum Gasteiger partial charge on any atom is -0.479 e. The molecule has 0 radical (unpaired) electrons. The molecule has 1 unspecified atom stereocenters. The van der Waals surface area contributed by atoms with Crippen molar-refractivity contribution in [3.8, 4) is 0 Å². The van der Waals surface area contributed by atoms with Gasteiger partial charge in [-0.15, -0.1) is 11.6 Å². The van der Waals surface area contributed by atoms with E-state index in [2.05, 4.69) is 15.9 Å². The summed E-state index contributed by atoms with van der Waals surface area (Å²) in [5.41, 5.74) is 0.345. The monoisotopic (exact) mass is 483 g/mol. The quantitative estimate of drug-likeness (QED) is 0.429. The van der Waals surface area contributed by atoms with Gasteiger partial charge in [0.15, 0.2) is 6.04 Å². The molecule has 132 valence electrons. The van der Waals surface area contributed by atoms with Crippen LogP contribution in [0.15, 0.2) is 40.9 Å². The molecule has 0 aliphatic rings. The van der Waals surface area contributed by atoms with E-state index in [1.807, 2.05) is 0 Å². The first-order valence-corrected chi connectivity index (χ1v) is 9.23. The molecule has 0 heterocycles. The van der Waals surface area contributed by atoms with Crippen molar-refractivity contribution in [3.63, 3.8) is 0 Å². The number of carbonyl (C=O) groups is 2. The van der Waals surface area contributed by atoms with E-state index in [1.165, 1.54) is 12.1 Å². The molecule has 25 heavy (non-hydrogen) atoms. The number of alkyl halides is 1. The van der Waals surface area contributed by atoms with Crippen LogP contribution < -0.4 is 4.90 Å². The molecule has 0 spiro atoms. The third kappa shape index (κ3) is 4.41. The van der Waals surface area contributed by atoms with Crippen molar-refractivity contribution in [1.29, 1.82) is 0 Å². The maximum atomic E-state index is 12.4. The standard InChI is InChI=1S/C16H10BrCl4NO3/c17-8-1-3-9(4-2-8)22(12(23)7-18)15(16(24)25)13-10(19)5-6-11(20)14(13)21/h1-6,15H,7H2,(H,24,25). The number of carboxylic acids is 1. The van der Waals surface area contributed by atoms with Crippen molar-refractivity contribution >= 4 is 79.9 Å². The zero-order chi connectivity index (χ0) is 18.7. The highest BCUT2D eigenvalue weighted by atomic mass is 79.9. The molecular formula is C16H10BrCl4NO3. The maximum absolute atomic E-state index is 12.4. The smallest absolute Gasteiger partial charge is 0.331 e. The van der Waals surface area contributed by atoms with Crippen LogP contribution in [0.2, 0.25) is 15.1 Å². The summed E-state index contributed by atoms with van der Waals surface area (Å²) in [4.78, 5) is 25.5. The first kappa shape index (κ1) is 20.3. The zero-order valence-corrected chi connectivity index (χ0v) is 17.0. The number of hydrogen-bond acceptors (Lipinski definition) is 2. The molecule has 9 heteroatoms. The molecule has 0 saturated carbocycles. The van der Waals surface area contributed by atoms with Gasteiger partial charge in [-0.2, -0.15) is 0 Å². The van der Waals surface area contributed by atoms with Gasteiger partial charge in [0.05, 0.1) is 10.0 Å². The van der Waals surface area contributed by atoms with Crippen molar-refractivity contribution in [3.05, 3.63) is 61.5 Å². The van der Waals surface area contributed by atoms with Gasteiger partial charge in [0.25, 0.3) is 0 Å². The third-order valence-electron chi connectivity index (χ3n) is 3.33. The lowest BCUT2D eigenvalue weighted by molar-refractivity contribution is -0.140. The molecule has 0 aliphatic carbocycles. The molecule has 1 amide bonds. The van der Waals surface area contributed by atoms with Crippen LogP contribution in [0.4, 0.5) is 5.69 Å². The van der Waals surface area contributed by atoms with Crippen LogP contribution in [0.3, 0.4) is 0 Å². The second-order valence-corrected chi connectivity index (χ2v) is 7.25. The number of halogens is 5. The predicted octanol–water partition coefficient (Wildman–Crippen LogP) is 5.81. The highest BCUT2D eigenvalue weighted by Crippen LogP contribution is 2.40. The van der Waals surface area contributed by atoms with Crippen molar-refractivity contribution in [1.82, 2.24) is 0 Å². The number of anilines is 1. The lowest BCUT2D eigenvalue weighted by atomic mass is 10.0. The first-order valence-electron chi connectivity index (χ1n) is 6.77. The SMILES string of the molecule is O=C(O)C(c1c(Cl)ccc(Cl)c1Cl)N(C(=O)CCl)c1ccc(Br)cc1. The Morgan fingerprint density at radius 2 is 1.60 bits per heavy atom. The summed E-state index contributed by atoms with van der Waals surface area (Å²) in [7, 11) is 0. The number of carbonyl (C=O) groups excluding carboxylic acids is 1. The molecule has 2 aromatic carbocycles. The Labute approximate surface area is 172 Å². The molecule has 1 atom stereocenters. The number of amides is 1. The number of carboxylic acid groups (broad SMARTS) is 1. The highest BCUT2D eigenvalue weighted by molar-refractivity contribution is 9.10. The minimum atomic E-state index is -1.49. The topological polar surface area (TPSA) is 57.6 Å². The number of benzene rings is 2. The highest BCUT2D eigenvalue weighted by Gasteiger charge is 2.35. The molecule has 0 bridgehead atoms. The van der Waals surface area contributed by atoms with Gasteiger partial charge in [-0.1, -0.05) is 50.7 Å². The van der Waals surface area contributed by atoms with Crippen molar-refractivity contribution in [2.45, 2.75) is 6.04 Å². The van der Waals surface area contributed by atoms with Crippen LogP contribution in [0.5, 0.6) is 0 Å². The third-order valence-corrected chi connectivity index (χ3v) is 5.24. The number of hydrogen-bond donors (Lipinski definition) is 1. The molecule has 0 aromatic heterocycles. The summed E-state index contributed by atoms with van der Waals surface area (Å²) in [6, 6.07) is 7.88. The van der Waals surface area contributed by atoms with Gasteiger partial charge in [-0.05, 0) is 36.4 Å². The summed E-state index contributed by atoms with van der Waals surface area (Å²) in [6.07, 6.45) is 0. The second kappa shape index (κ2) is 8.60. The zero-order valence-electron chi connectivity index (χ0n) is 12.3.